The van der Waals surface area contributed by atoms with Crippen LogP contribution in [-0.4, -0.2) is 14.9 Å². The first kappa shape index (κ1) is 13.5. The molecule has 0 saturated carbocycles. The summed E-state index contributed by atoms with van der Waals surface area (Å²) >= 11 is 0. The van der Waals surface area contributed by atoms with E-state index in [-0.39, 0.29) is 0 Å². The van der Waals surface area contributed by atoms with Crippen LogP contribution in [0.5, 0.6) is 0 Å². The highest BCUT2D eigenvalue weighted by molar-refractivity contribution is 6.69. The van der Waals surface area contributed by atoms with Crippen molar-refractivity contribution in [3.8, 4) is 0 Å². The Kier molecular flexibility index (Phi) is 4.75. The van der Waals surface area contributed by atoms with Gasteiger partial charge in [-0.15, -0.1) is 0 Å². The van der Waals surface area contributed by atoms with Crippen LogP contribution in [0.3, 0.4) is 0 Å². The van der Waals surface area contributed by atoms with Gasteiger partial charge in [-0.1, -0.05) is 38.1 Å². The van der Waals surface area contributed by atoms with Gasteiger partial charge in [-0.05, 0) is 43.1 Å². The molecule has 0 saturated heterocycles. The van der Waals surface area contributed by atoms with Crippen molar-refractivity contribution in [2.24, 2.45) is 0 Å². The lowest BCUT2D eigenvalue weighted by Gasteiger charge is -2.17. The van der Waals surface area contributed by atoms with Crippen molar-refractivity contribution in [3.05, 3.63) is 35.4 Å². The summed E-state index contributed by atoms with van der Waals surface area (Å²) in [7, 11) is -1.35. The van der Waals surface area contributed by atoms with Gasteiger partial charge in [0.2, 0.25) is 0 Å². The summed E-state index contributed by atoms with van der Waals surface area (Å²) in [6.07, 6.45) is 1.03. The molecule has 0 amide bonds. The fraction of sp³-hybridized carbons (Fsp3) is 0.571. The molecule has 0 fully saturated rings. The van der Waals surface area contributed by atoms with E-state index in [1.54, 1.807) is 0 Å². The number of hydrogen-bond acceptors (Lipinski definition) is 1. The van der Waals surface area contributed by atoms with Crippen molar-refractivity contribution in [1.82, 2.24) is 0 Å². The number of hydrogen-bond donors (Lipinski definition) is 0. The Hall–Kier alpha value is -0.603. The standard InChI is InChI=1S/C14H24OSi/c1-12(2)14-8-6-7-13(11-14)9-10-15-16(3,4)5/h6-8,11-12H,9-10H2,1-5H3. The van der Waals surface area contributed by atoms with E-state index in [0.717, 1.165) is 13.0 Å². The Morgan fingerprint density at radius 3 is 2.44 bits per heavy atom. The molecule has 0 atom stereocenters. The summed E-state index contributed by atoms with van der Waals surface area (Å²) < 4.78 is 5.87. The fourth-order valence-corrected chi connectivity index (χ4v) is 2.30. The summed E-state index contributed by atoms with van der Waals surface area (Å²) in [6, 6.07) is 8.85. The smallest absolute Gasteiger partial charge is 0.183 e. The van der Waals surface area contributed by atoms with E-state index < -0.39 is 8.32 Å². The molecule has 0 aliphatic heterocycles. The molecule has 0 unspecified atom stereocenters. The third kappa shape index (κ3) is 4.95. The Morgan fingerprint density at radius 2 is 1.88 bits per heavy atom. The molecule has 90 valence electrons. The molecular weight excluding hydrogens is 212 g/mol. The minimum absolute atomic E-state index is 0.609. The predicted octanol–water partition coefficient (Wildman–Crippen LogP) is 4.20. The van der Waals surface area contributed by atoms with E-state index in [0.29, 0.717) is 5.92 Å². The second-order valence-electron chi connectivity index (χ2n) is 5.61. The molecule has 0 N–H and O–H groups in total. The van der Waals surface area contributed by atoms with Gasteiger partial charge in [0.15, 0.2) is 8.32 Å². The minimum Gasteiger partial charge on any atom is -0.417 e. The lowest BCUT2D eigenvalue weighted by molar-refractivity contribution is 0.316. The van der Waals surface area contributed by atoms with E-state index in [1.807, 2.05) is 0 Å². The van der Waals surface area contributed by atoms with Crippen molar-refractivity contribution in [2.45, 2.75) is 45.8 Å². The molecule has 1 rings (SSSR count). The van der Waals surface area contributed by atoms with Crippen LogP contribution in [-0.2, 0) is 10.8 Å². The zero-order chi connectivity index (χ0) is 12.2. The van der Waals surface area contributed by atoms with Crippen molar-refractivity contribution in [1.29, 1.82) is 0 Å². The third-order valence-electron chi connectivity index (χ3n) is 2.54. The molecule has 0 bridgehead atoms. The molecule has 0 radical (unpaired) electrons. The normalized spacial score (nSPS) is 12.1. The largest absolute Gasteiger partial charge is 0.417 e. The average Bonchev–Trinajstić information content (AvgIpc) is 2.16. The topological polar surface area (TPSA) is 9.23 Å². The van der Waals surface area contributed by atoms with Gasteiger partial charge in [0.05, 0.1) is 0 Å². The van der Waals surface area contributed by atoms with Crippen LogP contribution in [0.2, 0.25) is 19.6 Å². The van der Waals surface area contributed by atoms with Gasteiger partial charge in [0.25, 0.3) is 0 Å². The van der Waals surface area contributed by atoms with Crippen LogP contribution in [0.1, 0.15) is 30.9 Å². The molecule has 0 heterocycles. The molecule has 0 aliphatic rings. The fourth-order valence-electron chi connectivity index (χ4n) is 1.58. The molecule has 0 aliphatic carbocycles. The predicted molar refractivity (Wildman–Crippen MR) is 73.5 cm³/mol. The van der Waals surface area contributed by atoms with E-state index >= 15 is 0 Å². The number of rotatable bonds is 5. The molecule has 0 aromatic heterocycles. The van der Waals surface area contributed by atoms with Gasteiger partial charge in [-0.25, -0.2) is 0 Å². The van der Waals surface area contributed by atoms with Gasteiger partial charge < -0.3 is 4.43 Å². The van der Waals surface area contributed by atoms with Crippen LogP contribution in [0.15, 0.2) is 24.3 Å². The average molecular weight is 236 g/mol. The van der Waals surface area contributed by atoms with E-state index in [2.05, 4.69) is 57.8 Å². The van der Waals surface area contributed by atoms with Crippen LogP contribution < -0.4 is 0 Å². The van der Waals surface area contributed by atoms with Crippen molar-refractivity contribution in [3.63, 3.8) is 0 Å². The Morgan fingerprint density at radius 1 is 1.19 bits per heavy atom. The first-order chi connectivity index (χ1) is 7.38. The van der Waals surface area contributed by atoms with Gasteiger partial charge in [-0.3, -0.25) is 0 Å². The zero-order valence-corrected chi connectivity index (χ0v) is 12.2. The summed E-state index contributed by atoms with van der Waals surface area (Å²) in [4.78, 5) is 0. The van der Waals surface area contributed by atoms with Crippen molar-refractivity contribution >= 4 is 8.32 Å². The molecular formula is C14H24OSi. The minimum atomic E-state index is -1.35. The lowest BCUT2D eigenvalue weighted by Crippen LogP contribution is -2.26. The van der Waals surface area contributed by atoms with Crippen molar-refractivity contribution in [2.75, 3.05) is 6.61 Å². The summed E-state index contributed by atoms with van der Waals surface area (Å²) in [6.45, 7) is 12.0. The molecule has 2 heteroatoms. The highest BCUT2D eigenvalue weighted by atomic mass is 28.4. The summed E-state index contributed by atoms with van der Waals surface area (Å²) in [5.41, 5.74) is 2.81. The summed E-state index contributed by atoms with van der Waals surface area (Å²) in [5.74, 6) is 0.609. The van der Waals surface area contributed by atoms with Gasteiger partial charge in [0, 0.05) is 6.61 Å². The second kappa shape index (κ2) is 5.64. The molecule has 16 heavy (non-hydrogen) atoms. The molecule has 1 nitrogen and oxygen atoms in total. The number of benzene rings is 1. The van der Waals surface area contributed by atoms with E-state index in [9.17, 15) is 0 Å². The second-order valence-corrected chi connectivity index (χ2v) is 10.1. The van der Waals surface area contributed by atoms with Gasteiger partial charge in [-0.2, -0.15) is 0 Å². The van der Waals surface area contributed by atoms with Gasteiger partial charge in [0.1, 0.15) is 0 Å². The highest BCUT2D eigenvalue weighted by Crippen LogP contribution is 2.16. The summed E-state index contributed by atoms with van der Waals surface area (Å²) in [5, 5.41) is 0. The molecule has 1 aromatic rings. The van der Waals surface area contributed by atoms with E-state index in [4.69, 9.17) is 4.43 Å². The molecule has 1 aromatic carbocycles. The van der Waals surface area contributed by atoms with Crippen LogP contribution in [0, 0.1) is 0 Å². The first-order valence-electron chi connectivity index (χ1n) is 6.11. The van der Waals surface area contributed by atoms with Crippen LogP contribution in [0.4, 0.5) is 0 Å². The maximum Gasteiger partial charge on any atom is 0.183 e. The monoisotopic (exact) mass is 236 g/mol. The Labute approximate surface area is 101 Å². The van der Waals surface area contributed by atoms with Gasteiger partial charge >= 0.3 is 0 Å². The zero-order valence-electron chi connectivity index (χ0n) is 11.2. The maximum absolute atomic E-state index is 5.87. The highest BCUT2D eigenvalue weighted by Gasteiger charge is 2.13. The first-order valence-corrected chi connectivity index (χ1v) is 9.52. The maximum atomic E-state index is 5.87. The SMILES string of the molecule is CC(C)c1cccc(CCO[Si](C)(C)C)c1. The Balaban J connectivity index is 2.51. The van der Waals surface area contributed by atoms with Crippen LogP contribution in [0.25, 0.3) is 0 Å². The molecule has 0 spiro atoms. The third-order valence-corrected chi connectivity index (χ3v) is 3.61. The van der Waals surface area contributed by atoms with Crippen LogP contribution >= 0.6 is 0 Å². The van der Waals surface area contributed by atoms with E-state index in [1.165, 1.54) is 11.1 Å². The quantitative estimate of drug-likeness (QED) is 0.696. The lowest BCUT2D eigenvalue weighted by atomic mass is 10.00. The van der Waals surface area contributed by atoms with Crippen molar-refractivity contribution < 1.29 is 4.43 Å². The Bertz CT molecular complexity index is 326.